The summed E-state index contributed by atoms with van der Waals surface area (Å²) in [5.41, 5.74) is 3.49. The fourth-order valence-corrected chi connectivity index (χ4v) is 3.70. The number of benzene rings is 1. The van der Waals surface area contributed by atoms with Gasteiger partial charge in [-0.25, -0.2) is 0 Å². The maximum atomic E-state index is 13.2. The molecule has 0 unspecified atom stereocenters. The smallest absolute Gasteiger partial charge is 0.169 e. The van der Waals surface area contributed by atoms with Gasteiger partial charge in [0.1, 0.15) is 0 Å². The average molecular weight is 286 g/mol. The Hall–Kier alpha value is -1.11. The number of carbonyl (C=O) groups excluding carboxylic acids is 1. The van der Waals surface area contributed by atoms with E-state index in [1.807, 2.05) is 0 Å². The highest BCUT2D eigenvalue weighted by molar-refractivity contribution is 6.02. The number of ketones is 1. The van der Waals surface area contributed by atoms with Crippen LogP contribution in [0.2, 0.25) is 0 Å². The van der Waals surface area contributed by atoms with Gasteiger partial charge >= 0.3 is 0 Å². The van der Waals surface area contributed by atoms with Crippen molar-refractivity contribution in [3.8, 4) is 0 Å². The molecule has 1 nitrogen and oxygen atoms in total. The Kier molecular flexibility index (Phi) is 4.91. The van der Waals surface area contributed by atoms with E-state index in [1.54, 1.807) is 0 Å². The predicted octanol–water partition coefficient (Wildman–Crippen LogP) is 6.09. The van der Waals surface area contributed by atoms with E-state index in [9.17, 15) is 4.79 Å². The molecule has 0 amide bonds. The van der Waals surface area contributed by atoms with Crippen LogP contribution < -0.4 is 0 Å². The molecule has 1 fully saturated rings. The summed E-state index contributed by atoms with van der Waals surface area (Å²) in [6.45, 7) is 11.0. The van der Waals surface area contributed by atoms with Crippen LogP contribution in [0.4, 0.5) is 0 Å². The van der Waals surface area contributed by atoms with Crippen molar-refractivity contribution in [3.63, 3.8) is 0 Å². The second-order valence-corrected chi connectivity index (χ2v) is 7.33. The summed E-state index contributed by atoms with van der Waals surface area (Å²) in [5.74, 6) is 1.32. The molecule has 1 aromatic rings. The Morgan fingerprint density at radius 2 is 1.71 bits per heavy atom. The van der Waals surface area contributed by atoms with Gasteiger partial charge in [-0.05, 0) is 42.2 Å². The molecule has 1 aliphatic rings. The number of Topliss-reactive ketones (excluding diaryl/α,β-unsaturated/α-hetero) is 1. The van der Waals surface area contributed by atoms with E-state index < -0.39 is 0 Å². The van der Waals surface area contributed by atoms with Gasteiger partial charge in [0.05, 0.1) is 0 Å². The standard InChI is InChI=1S/C20H30O/c1-6-20(11-7-8-12-20)19(21)17-10-9-16(14(2)3)13-18(17)15(4)5/h9-10,13-15H,6-8,11-12H2,1-5H3. The molecule has 1 aliphatic carbocycles. The van der Waals surface area contributed by atoms with Crippen molar-refractivity contribution in [2.75, 3.05) is 0 Å². The Balaban J connectivity index is 2.45. The van der Waals surface area contributed by atoms with E-state index in [-0.39, 0.29) is 5.41 Å². The molecular formula is C20H30O. The van der Waals surface area contributed by atoms with Gasteiger partial charge in [-0.3, -0.25) is 4.79 Å². The van der Waals surface area contributed by atoms with Crippen LogP contribution in [-0.4, -0.2) is 5.78 Å². The van der Waals surface area contributed by atoms with E-state index in [0.717, 1.165) is 24.8 Å². The number of rotatable bonds is 5. The summed E-state index contributed by atoms with van der Waals surface area (Å²) >= 11 is 0. The van der Waals surface area contributed by atoms with E-state index in [0.29, 0.717) is 17.6 Å². The quantitative estimate of drug-likeness (QED) is 0.599. The zero-order valence-corrected chi connectivity index (χ0v) is 14.3. The first-order chi connectivity index (χ1) is 9.91. The molecule has 2 rings (SSSR count). The molecule has 0 atom stereocenters. The van der Waals surface area contributed by atoms with E-state index in [1.165, 1.54) is 24.0 Å². The van der Waals surface area contributed by atoms with Gasteiger partial charge in [0.2, 0.25) is 0 Å². The van der Waals surface area contributed by atoms with Crippen LogP contribution in [0.5, 0.6) is 0 Å². The predicted molar refractivity (Wildman–Crippen MR) is 90.1 cm³/mol. The minimum Gasteiger partial charge on any atom is -0.294 e. The minimum atomic E-state index is -0.0804. The molecule has 0 heterocycles. The zero-order chi connectivity index (χ0) is 15.6. The van der Waals surface area contributed by atoms with Crippen LogP contribution in [0.15, 0.2) is 18.2 Å². The third-order valence-corrected chi connectivity index (χ3v) is 5.33. The van der Waals surface area contributed by atoms with E-state index in [4.69, 9.17) is 0 Å². The number of carbonyl (C=O) groups is 1. The molecule has 0 saturated heterocycles. The second kappa shape index (κ2) is 6.34. The van der Waals surface area contributed by atoms with Crippen molar-refractivity contribution in [1.82, 2.24) is 0 Å². The Morgan fingerprint density at radius 3 is 2.19 bits per heavy atom. The lowest BCUT2D eigenvalue weighted by atomic mass is 9.74. The molecule has 1 saturated carbocycles. The van der Waals surface area contributed by atoms with Crippen LogP contribution in [0.3, 0.4) is 0 Å². The van der Waals surface area contributed by atoms with Crippen LogP contribution >= 0.6 is 0 Å². The van der Waals surface area contributed by atoms with Crippen molar-refractivity contribution in [2.45, 2.75) is 78.6 Å². The monoisotopic (exact) mass is 286 g/mol. The van der Waals surface area contributed by atoms with Gasteiger partial charge < -0.3 is 0 Å². The molecule has 0 N–H and O–H groups in total. The van der Waals surface area contributed by atoms with Gasteiger partial charge in [0.25, 0.3) is 0 Å². The summed E-state index contributed by atoms with van der Waals surface area (Å²) in [5, 5.41) is 0. The SMILES string of the molecule is CCC1(C(=O)c2ccc(C(C)C)cc2C(C)C)CCCC1. The summed E-state index contributed by atoms with van der Waals surface area (Å²) in [6.07, 6.45) is 5.55. The van der Waals surface area contributed by atoms with Gasteiger partial charge in [-0.2, -0.15) is 0 Å². The van der Waals surface area contributed by atoms with E-state index in [2.05, 4.69) is 52.8 Å². The van der Waals surface area contributed by atoms with Gasteiger partial charge in [0, 0.05) is 11.0 Å². The Labute approximate surface area is 130 Å². The van der Waals surface area contributed by atoms with Gasteiger partial charge in [0.15, 0.2) is 5.78 Å². The minimum absolute atomic E-state index is 0.0804. The van der Waals surface area contributed by atoms with Crippen molar-refractivity contribution < 1.29 is 4.79 Å². The van der Waals surface area contributed by atoms with Gasteiger partial charge in [-0.15, -0.1) is 0 Å². The molecule has 0 aliphatic heterocycles. The first-order valence-electron chi connectivity index (χ1n) is 8.60. The number of hydrogen-bond donors (Lipinski definition) is 0. The Bertz CT molecular complexity index is 505. The van der Waals surface area contributed by atoms with Crippen LogP contribution in [0.1, 0.15) is 100 Å². The maximum Gasteiger partial charge on any atom is 0.169 e. The normalized spacial score (nSPS) is 17.7. The largest absolute Gasteiger partial charge is 0.294 e. The summed E-state index contributed by atoms with van der Waals surface area (Å²) in [7, 11) is 0. The summed E-state index contributed by atoms with van der Waals surface area (Å²) in [4.78, 5) is 13.2. The van der Waals surface area contributed by atoms with Crippen molar-refractivity contribution >= 4 is 5.78 Å². The summed E-state index contributed by atoms with van der Waals surface area (Å²) < 4.78 is 0. The molecule has 116 valence electrons. The van der Waals surface area contributed by atoms with Crippen molar-refractivity contribution in [3.05, 3.63) is 34.9 Å². The third kappa shape index (κ3) is 3.07. The van der Waals surface area contributed by atoms with Crippen molar-refractivity contribution in [2.24, 2.45) is 5.41 Å². The lowest BCUT2D eigenvalue weighted by Crippen LogP contribution is -2.28. The van der Waals surface area contributed by atoms with Crippen molar-refractivity contribution in [1.29, 1.82) is 0 Å². The van der Waals surface area contributed by atoms with Crippen LogP contribution in [-0.2, 0) is 0 Å². The molecule has 0 radical (unpaired) electrons. The first kappa shape index (κ1) is 16.3. The Morgan fingerprint density at radius 1 is 1.10 bits per heavy atom. The summed E-state index contributed by atoms with van der Waals surface area (Å²) in [6, 6.07) is 6.52. The topological polar surface area (TPSA) is 17.1 Å². The third-order valence-electron chi connectivity index (χ3n) is 5.33. The lowest BCUT2D eigenvalue weighted by Gasteiger charge is -2.28. The first-order valence-corrected chi connectivity index (χ1v) is 8.60. The molecule has 1 heteroatoms. The molecule has 1 aromatic carbocycles. The van der Waals surface area contributed by atoms with Crippen LogP contribution in [0, 0.1) is 5.41 Å². The fraction of sp³-hybridized carbons (Fsp3) is 0.650. The molecule has 0 spiro atoms. The van der Waals surface area contributed by atoms with Crippen LogP contribution in [0.25, 0.3) is 0 Å². The highest BCUT2D eigenvalue weighted by atomic mass is 16.1. The lowest BCUT2D eigenvalue weighted by molar-refractivity contribution is 0.0790. The highest BCUT2D eigenvalue weighted by Gasteiger charge is 2.40. The maximum absolute atomic E-state index is 13.2. The molecular weight excluding hydrogens is 256 g/mol. The van der Waals surface area contributed by atoms with E-state index >= 15 is 0 Å². The fourth-order valence-electron chi connectivity index (χ4n) is 3.70. The molecule has 0 bridgehead atoms. The zero-order valence-electron chi connectivity index (χ0n) is 14.3. The molecule has 0 aromatic heterocycles. The average Bonchev–Trinajstić information content (AvgIpc) is 2.95. The molecule has 21 heavy (non-hydrogen) atoms. The second-order valence-electron chi connectivity index (χ2n) is 7.33. The highest BCUT2D eigenvalue weighted by Crippen LogP contribution is 2.44. The number of hydrogen-bond acceptors (Lipinski definition) is 1. The van der Waals surface area contributed by atoms with Gasteiger partial charge in [-0.1, -0.05) is 65.7 Å².